The fraction of sp³-hybridized carbons (Fsp3) is 0.0588. The first-order chi connectivity index (χ1) is 12.6. The van der Waals surface area contributed by atoms with Gasteiger partial charge in [-0.2, -0.15) is 4.68 Å². The molecule has 2 aromatic heterocycles. The van der Waals surface area contributed by atoms with Crippen molar-refractivity contribution in [2.75, 3.05) is 0 Å². The summed E-state index contributed by atoms with van der Waals surface area (Å²) in [6.45, 7) is 0. The minimum Gasteiger partial charge on any atom is -0.504 e. The molecule has 0 saturated heterocycles. The van der Waals surface area contributed by atoms with Gasteiger partial charge in [0.05, 0.1) is 5.69 Å². The number of phenols is 2. The maximum Gasteiger partial charge on any atom is 0.336 e. The van der Waals surface area contributed by atoms with Crippen molar-refractivity contribution in [3.8, 4) is 17.2 Å². The second kappa shape index (κ2) is 6.52. The van der Waals surface area contributed by atoms with Crippen LogP contribution in [0.25, 0.3) is 16.7 Å². The van der Waals surface area contributed by atoms with Crippen molar-refractivity contribution in [2.45, 2.75) is 10.9 Å². The highest BCUT2D eigenvalue weighted by molar-refractivity contribution is 7.98. The van der Waals surface area contributed by atoms with Crippen LogP contribution >= 0.6 is 11.8 Å². The average molecular weight is 368 g/mol. The lowest BCUT2D eigenvalue weighted by atomic mass is 10.1. The van der Waals surface area contributed by atoms with E-state index >= 15 is 0 Å². The van der Waals surface area contributed by atoms with Crippen LogP contribution < -0.4 is 5.63 Å². The minimum atomic E-state index is -0.541. The van der Waals surface area contributed by atoms with Gasteiger partial charge < -0.3 is 14.6 Å². The number of para-hydroxylation sites is 1. The molecule has 0 saturated carbocycles. The number of phenolic OH excluding ortho intramolecular Hbond substituents is 2. The number of aromatic hydroxyl groups is 2. The summed E-state index contributed by atoms with van der Waals surface area (Å²) in [7, 11) is 0. The zero-order chi connectivity index (χ0) is 18.1. The molecule has 0 atom stereocenters. The normalized spacial score (nSPS) is 11.1. The molecule has 2 N–H and O–H groups in total. The molecule has 2 aromatic carbocycles. The third kappa shape index (κ3) is 3.00. The molecule has 0 amide bonds. The molecular formula is C17H12N4O4S. The van der Waals surface area contributed by atoms with E-state index in [-0.39, 0.29) is 17.1 Å². The topological polar surface area (TPSA) is 114 Å². The van der Waals surface area contributed by atoms with Crippen LogP contribution in [0.4, 0.5) is 0 Å². The van der Waals surface area contributed by atoms with Crippen LogP contribution in [0.15, 0.2) is 62.9 Å². The maximum atomic E-state index is 11.8. The van der Waals surface area contributed by atoms with E-state index in [9.17, 15) is 15.0 Å². The van der Waals surface area contributed by atoms with E-state index in [0.717, 1.165) is 5.69 Å². The van der Waals surface area contributed by atoms with Crippen LogP contribution in [-0.4, -0.2) is 30.4 Å². The molecule has 130 valence electrons. The van der Waals surface area contributed by atoms with Crippen LogP contribution in [0.2, 0.25) is 0 Å². The van der Waals surface area contributed by atoms with E-state index in [1.165, 1.54) is 30.0 Å². The number of nitrogens with zero attached hydrogens (tertiary/aromatic N) is 4. The number of hydrogen-bond acceptors (Lipinski definition) is 8. The fourth-order valence-electron chi connectivity index (χ4n) is 2.51. The summed E-state index contributed by atoms with van der Waals surface area (Å²) >= 11 is 1.34. The molecule has 2 heterocycles. The third-order valence-electron chi connectivity index (χ3n) is 3.72. The largest absolute Gasteiger partial charge is 0.504 e. The van der Waals surface area contributed by atoms with E-state index in [2.05, 4.69) is 15.5 Å². The number of rotatable bonds is 4. The Morgan fingerprint density at radius 1 is 1.08 bits per heavy atom. The smallest absolute Gasteiger partial charge is 0.336 e. The van der Waals surface area contributed by atoms with Gasteiger partial charge in [0.25, 0.3) is 0 Å². The molecule has 0 bridgehead atoms. The summed E-state index contributed by atoms with van der Waals surface area (Å²) < 4.78 is 6.69. The second-order valence-corrected chi connectivity index (χ2v) is 6.37. The molecule has 0 aliphatic rings. The van der Waals surface area contributed by atoms with Gasteiger partial charge in [-0.05, 0) is 34.2 Å². The van der Waals surface area contributed by atoms with Crippen LogP contribution in [0.1, 0.15) is 5.56 Å². The summed E-state index contributed by atoms with van der Waals surface area (Å²) in [4.78, 5) is 11.8. The zero-order valence-corrected chi connectivity index (χ0v) is 14.1. The van der Waals surface area contributed by atoms with Crippen molar-refractivity contribution in [1.82, 2.24) is 20.2 Å². The quantitative estimate of drug-likeness (QED) is 0.321. The SMILES string of the molecule is O=c1cc(CSc2nnnn2-c2ccccc2)c2cc(O)c(O)cc2o1. The fourth-order valence-corrected chi connectivity index (χ4v) is 3.39. The van der Waals surface area contributed by atoms with E-state index in [1.54, 1.807) is 4.68 Å². The van der Waals surface area contributed by atoms with Gasteiger partial charge in [0, 0.05) is 23.3 Å². The Bertz CT molecular complexity index is 1140. The molecule has 9 heteroatoms. The van der Waals surface area contributed by atoms with Gasteiger partial charge in [-0.25, -0.2) is 4.79 Å². The van der Waals surface area contributed by atoms with Gasteiger partial charge >= 0.3 is 5.63 Å². The highest BCUT2D eigenvalue weighted by Crippen LogP contribution is 2.33. The number of aromatic nitrogens is 4. The minimum absolute atomic E-state index is 0.200. The van der Waals surface area contributed by atoms with Crippen molar-refractivity contribution in [3.05, 3.63) is 64.5 Å². The molecule has 0 aliphatic carbocycles. The van der Waals surface area contributed by atoms with E-state index in [0.29, 0.717) is 21.9 Å². The molecule has 0 fully saturated rings. The number of benzene rings is 2. The first-order valence-corrected chi connectivity index (χ1v) is 8.56. The first kappa shape index (κ1) is 16.2. The highest BCUT2D eigenvalue weighted by atomic mass is 32.2. The van der Waals surface area contributed by atoms with Gasteiger partial charge in [-0.1, -0.05) is 30.0 Å². The first-order valence-electron chi connectivity index (χ1n) is 7.57. The Kier molecular flexibility index (Phi) is 4.05. The third-order valence-corrected chi connectivity index (χ3v) is 4.69. The van der Waals surface area contributed by atoms with Gasteiger partial charge in [0.1, 0.15) is 5.58 Å². The van der Waals surface area contributed by atoms with Crippen molar-refractivity contribution in [1.29, 1.82) is 0 Å². The number of thioether (sulfide) groups is 1. The lowest BCUT2D eigenvalue weighted by Gasteiger charge is -2.07. The summed E-state index contributed by atoms with van der Waals surface area (Å²) in [5.74, 6) is -0.260. The summed E-state index contributed by atoms with van der Waals surface area (Å²) in [5.41, 5.74) is 1.12. The van der Waals surface area contributed by atoms with Crippen molar-refractivity contribution in [2.24, 2.45) is 0 Å². The molecule has 0 spiro atoms. The Labute approximate surface area is 150 Å². The van der Waals surface area contributed by atoms with Crippen LogP contribution in [0, 0.1) is 0 Å². The molecule has 0 radical (unpaired) electrons. The molecule has 0 unspecified atom stereocenters. The van der Waals surface area contributed by atoms with Crippen LogP contribution in [-0.2, 0) is 5.75 Å². The summed E-state index contributed by atoms with van der Waals surface area (Å²) in [6, 6.07) is 13.4. The maximum absolute atomic E-state index is 11.8. The van der Waals surface area contributed by atoms with Crippen LogP contribution in [0.3, 0.4) is 0 Å². The van der Waals surface area contributed by atoms with Crippen molar-refractivity contribution < 1.29 is 14.6 Å². The lowest BCUT2D eigenvalue weighted by molar-refractivity contribution is 0.403. The van der Waals surface area contributed by atoms with Crippen molar-refractivity contribution in [3.63, 3.8) is 0 Å². The average Bonchev–Trinajstić information content (AvgIpc) is 3.10. The summed E-state index contributed by atoms with van der Waals surface area (Å²) in [6.07, 6.45) is 0. The van der Waals surface area contributed by atoms with Gasteiger partial charge in [-0.3, -0.25) is 0 Å². The lowest BCUT2D eigenvalue weighted by Crippen LogP contribution is -2.01. The van der Waals surface area contributed by atoms with Gasteiger partial charge in [0.15, 0.2) is 11.5 Å². The molecule has 26 heavy (non-hydrogen) atoms. The standard InChI is InChI=1S/C17H12N4O4S/c22-13-7-12-10(6-16(24)25-15(12)8-14(13)23)9-26-17-18-19-20-21(17)11-4-2-1-3-5-11/h1-8,22-23H,9H2. The number of hydrogen-bond donors (Lipinski definition) is 2. The molecule has 8 nitrogen and oxygen atoms in total. The van der Waals surface area contributed by atoms with E-state index < -0.39 is 5.63 Å². The number of fused-ring (bicyclic) bond motifs is 1. The predicted molar refractivity (Wildman–Crippen MR) is 94.5 cm³/mol. The second-order valence-electron chi connectivity index (χ2n) is 5.43. The highest BCUT2D eigenvalue weighted by Gasteiger charge is 2.13. The number of tetrazole rings is 1. The Morgan fingerprint density at radius 3 is 2.65 bits per heavy atom. The summed E-state index contributed by atoms with van der Waals surface area (Å²) in [5, 5.41) is 32.1. The molecule has 0 aliphatic heterocycles. The Morgan fingerprint density at radius 2 is 1.85 bits per heavy atom. The Balaban J connectivity index is 1.69. The zero-order valence-electron chi connectivity index (χ0n) is 13.2. The predicted octanol–water partition coefficient (Wildman–Crippen LogP) is 2.47. The Hall–Kier alpha value is -3.33. The molecule has 4 rings (SSSR count). The van der Waals surface area contributed by atoms with Crippen molar-refractivity contribution >= 4 is 22.7 Å². The monoisotopic (exact) mass is 368 g/mol. The molecule has 4 aromatic rings. The van der Waals surface area contributed by atoms with E-state index in [4.69, 9.17) is 4.42 Å². The molecular weight excluding hydrogens is 356 g/mol. The van der Waals surface area contributed by atoms with E-state index in [1.807, 2.05) is 30.3 Å². The van der Waals surface area contributed by atoms with Crippen LogP contribution in [0.5, 0.6) is 11.5 Å². The van der Waals surface area contributed by atoms with Gasteiger partial charge in [-0.15, -0.1) is 5.10 Å². The van der Waals surface area contributed by atoms with Gasteiger partial charge in [0.2, 0.25) is 5.16 Å².